The molecule has 2 amide bonds. The normalized spacial score (nSPS) is 22.7. The highest BCUT2D eigenvalue weighted by atomic mass is 16.3. The van der Waals surface area contributed by atoms with Crippen molar-refractivity contribution in [3.63, 3.8) is 0 Å². The molecule has 2 saturated heterocycles. The van der Waals surface area contributed by atoms with E-state index in [1.165, 1.54) is 0 Å². The number of hydrogen-bond donors (Lipinski definition) is 1. The molecule has 2 aliphatic heterocycles. The number of β-amino-alcohol motifs (C(OH)–C–C–N with tert-alkyl or cyclic N) is 1. The number of carbonyl (C=O) groups is 2. The summed E-state index contributed by atoms with van der Waals surface area (Å²) in [6.07, 6.45) is 0.968. The van der Waals surface area contributed by atoms with Crippen molar-refractivity contribution in [3.8, 4) is 6.07 Å². The predicted octanol–water partition coefficient (Wildman–Crippen LogP) is 0.912. The minimum atomic E-state index is -1.06. The average molecular weight is 327 g/mol. The van der Waals surface area contributed by atoms with Gasteiger partial charge in [0.05, 0.1) is 31.5 Å². The first-order chi connectivity index (χ1) is 11.5. The summed E-state index contributed by atoms with van der Waals surface area (Å²) in [7, 11) is 0. The third-order valence-corrected chi connectivity index (χ3v) is 4.76. The maximum Gasteiger partial charge on any atom is 0.227 e. The second-order valence-electron chi connectivity index (χ2n) is 6.75. The van der Waals surface area contributed by atoms with Gasteiger partial charge in [0.15, 0.2) is 0 Å². The van der Waals surface area contributed by atoms with Crippen molar-refractivity contribution in [1.29, 1.82) is 5.26 Å². The van der Waals surface area contributed by atoms with E-state index < -0.39 is 5.60 Å². The molecule has 126 valence electrons. The largest absolute Gasteiger partial charge is 0.385 e. The number of likely N-dealkylation sites (tertiary alicyclic amines) is 2. The molecule has 1 aromatic carbocycles. The standard InChI is InChI=1S/C18H21N3O3/c19-9-8-18(24)12-21(13-18)17(23)15-6-7-16(22)20(11-15)10-14-4-2-1-3-5-14/h1-5,15,24H,6-8,10-13H2. The molecular weight excluding hydrogens is 306 g/mol. The number of nitriles is 1. The lowest BCUT2D eigenvalue weighted by Crippen LogP contribution is -2.65. The fourth-order valence-corrected chi connectivity index (χ4v) is 3.41. The lowest BCUT2D eigenvalue weighted by atomic mass is 9.87. The van der Waals surface area contributed by atoms with E-state index >= 15 is 0 Å². The Morgan fingerprint density at radius 2 is 2.04 bits per heavy atom. The monoisotopic (exact) mass is 327 g/mol. The van der Waals surface area contributed by atoms with Crippen molar-refractivity contribution in [2.45, 2.75) is 31.4 Å². The first kappa shape index (κ1) is 16.5. The van der Waals surface area contributed by atoms with Crippen LogP contribution < -0.4 is 0 Å². The highest BCUT2D eigenvalue weighted by molar-refractivity contribution is 5.84. The Bertz CT molecular complexity index is 662. The Labute approximate surface area is 141 Å². The van der Waals surface area contributed by atoms with Gasteiger partial charge >= 0.3 is 0 Å². The second-order valence-corrected chi connectivity index (χ2v) is 6.75. The highest BCUT2D eigenvalue weighted by Crippen LogP contribution is 2.29. The molecule has 0 spiro atoms. The summed E-state index contributed by atoms with van der Waals surface area (Å²) in [6.45, 7) is 1.35. The van der Waals surface area contributed by atoms with Crippen molar-refractivity contribution in [1.82, 2.24) is 9.80 Å². The Balaban J connectivity index is 1.58. The molecule has 2 fully saturated rings. The molecule has 1 unspecified atom stereocenters. The van der Waals surface area contributed by atoms with Crippen LogP contribution in [0.1, 0.15) is 24.8 Å². The summed E-state index contributed by atoms with van der Waals surface area (Å²) in [5.41, 5.74) is -0.00943. The minimum absolute atomic E-state index is 0.0248. The van der Waals surface area contributed by atoms with Crippen LogP contribution in [0.3, 0.4) is 0 Å². The van der Waals surface area contributed by atoms with Crippen LogP contribution in [0.4, 0.5) is 0 Å². The van der Waals surface area contributed by atoms with E-state index in [1.54, 1.807) is 9.80 Å². The van der Waals surface area contributed by atoms with Crippen molar-refractivity contribution in [3.05, 3.63) is 35.9 Å². The van der Waals surface area contributed by atoms with Crippen molar-refractivity contribution in [2.75, 3.05) is 19.6 Å². The Kier molecular flexibility index (Phi) is 4.54. The zero-order chi connectivity index (χ0) is 17.2. The summed E-state index contributed by atoms with van der Waals surface area (Å²) >= 11 is 0. The number of carbonyl (C=O) groups excluding carboxylic acids is 2. The molecular formula is C18H21N3O3. The zero-order valence-electron chi connectivity index (χ0n) is 13.5. The second kappa shape index (κ2) is 6.62. The Hall–Kier alpha value is -2.39. The van der Waals surface area contributed by atoms with Crippen LogP contribution in [0.15, 0.2) is 30.3 Å². The van der Waals surface area contributed by atoms with E-state index in [9.17, 15) is 14.7 Å². The molecule has 3 rings (SSSR count). The third-order valence-electron chi connectivity index (χ3n) is 4.76. The van der Waals surface area contributed by atoms with Crippen molar-refractivity contribution >= 4 is 11.8 Å². The number of aliphatic hydroxyl groups is 1. The van der Waals surface area contributed by atoms with Gasteiger partial charge in [-0.25, -0.2) is 0 Å². The van der Waals surface area contributed by atoms with Gasteiger partial charge in [-0.05, 0) is 12.0 Å². The molecule has 0 bridgehead atoms. The van der Waals surface area contributed by atoms with Crippen LogP contribution in [-0.2, 0) is 16.1 Å². The number of nitrogens with zero attached hydrogens (tertiary/aromatic N) is 3. The first-order valence-corrected chi connectivity index (χ1v) is 8.20. The van der Waals surface area contributed by atoms with Gasteiger partial charge in [0.2, 0.25) is 11.8 Å². The molecule has 0 radical (unpaired) electrons. The summed E-state index contributed by atoms with van der Waals surface area (Å²) < 4.78 is 0. The zero-order valence-corrected chi connectivity index (χ0v) is 13.5. The summed E-state index contributed by atoms with van der Waals surface area (Å²) in [5.74, 6) is -0.172. The van der Waals surface area contributed by atoms with Crippen LogP contribution in [0.5, 0.6) is 0 Å². The van der Waals surface area contributed by atoms with E-state index in [0.29, 0.717) is 25.9 Å². The minimum Gasteiger partial charge on any atom is -0.385 e. The SMILES string of the molecule is N#CCC1(O)CN(C(=O)C2CCC(=O)N(Cc3ccccc3)C2)C1. The van der Waals surface area contributed by atoms with Crippen LogP contribution in [-0.4, -0.2) is 52.0 Å². The van der Waals surface area contributed by atoms with E-state index in [0.717, 1.165) is 5.56 Å². The van der Waals surface area contributed by atoms with E-state index in [-0.39, 0.29) is 37.2 Å². The molecule has 1 N–H and O–H groups in total. The topological polar surface area (TPSA) is 84.6 Å². The van der Waals surface area contributed by atoms with Gasteiger partial charge in [-0.3, -0.25) is 9.59 Å². The maximum absolute atomic E-state index is 12.6. The molecule has 0 saturated carbocycles. The summed E-state index contributed by atoms with van der Waals surface area (Å²) in [5, 5.41) is 18.7. The van der Waals surface area contributed by atoms with Crippen molar-refractivity contribution in [2.24, 2.45) is 5.92 Å². The van der Waals surface area contributed by atoms with Crippen LogP contribution in [0.25, 0.3) is 0 Å². The molecule has 2 heterocycles. The van der Waals surface area contributed by atoms with Crippen LogP contribution in [0, 0.1) is 17.2 Å². The average Bonchev–Trinajstić information content (AvgIpc) is 2.55. The van der Waals surface area contributed by atoms with E-state index in [4.69, 9.17) is 5.26 Å². The molecule has 6 heteroatoms. The third kappa shape index (κ3) is 3.41. The maximum atomic E-state index is 12.6. The molecule has 1 atom stereocenters. The van der Waals surface area contributed by atoms with Crippen LogP contribution >= 0.6 is 0 Å². The van der Waals surface area contributed by atoms with Gasteiger partial charge in [0.25, 0.3) is 0 Å². The number of amides is 2. The molecule has 2 aliphatic rings. The van der Waals surface area contributed by atoms with Crippen LogP contribution in [0.2, 0.25) is 0 Å². The number of benzene rings is 1. The van der Waals surface area contributed by atoms with Gasteiger partial charge in [-0.2, -0.15) is 5.26 Å². The van der Waals surface area contributed by atoms with Gasteiger partial charge < -0.3 is 14.9 Å². The van der Waals surface area contributed by atoms with Gasteiger partial charge in [-0.1, -0.05) is 30.3 Å². The highest BCUT2D eigenvalue weighted by Gasteiger charge is 2.45. The number of rotatable bonds is 4. The smallest absolute Gasteiger partial charge is 0.227 e. The quantitative estimate of drug-likeness (QED) is 0.891. The lowest BCUT2D eigenvalue weighted by Gasteiger charge is -2.47. The molecule has 24 heavy (non-hydrogen) atoms. The fourth-order valence-electron chi connectivity index (χ4n) is 3.41. The fraction of sp³-hybridized carbons (Fsp3) is 0.500. The molecule has 0 aliphatic carbocycles. The van der Waals surface area contributed by atoms with Crippen molar-refractivity contribution < 1.29 is 14.7 Å². The number of hydrogen-bond acceptors (Lipinski definition) is 4. The van der Waals surface area contributed by atoms with E-state index in [2.05, 4.69) is 0 Å². The van der Waals surface area contributed by atoms with E-state index in [1.807, 2.05) is 36.4 Å². The molecule has 0 aromatic heterocycles. The van der Waals surface area contributed by atoms with Gasteiger partial charge in [0, 0.05) is 19.5 Å². The summed E-state index contributed by atoms with van der Waals surface area (Å²) in [4.78, 5) is 28.0. The van der Waals surface area contributed by atoms with Gasteiger partial charge in [-0.15, -0.1) is 0 Å². The van der Waals surface area contributed by atoms with Gasteiger partial charge in [0.1, 0.15) is 5.60 Å². The predicted molar refractivity (Wildman–Crippen MR) is 86.3 cm³/mol. The number of piperidine rings is 1. The Morgan fingerprint density at radius 3 is 2.71 bits per heavy atom. The first-order valence-electron chi connectivity index (χ1n) is 8.20. The summed E-state index contributed by atoms with van der Waals surface area (Å²) in [6, 6.07) is 11.7. The lowest BCUT2D eigenvalue weighted by molar-refractivity contribution is -0.161. The molecule has 6 nitrogen and oxygen atoms in total. The molecule has 1 aromatic rings. The Morgan fingerprint density at radius 1 is 1.33 bits per heavy atom.